The number of benzene rings is 1. The number of piperazine rings is 1. The quantitative estimate of drug-likeness (QED) is 0.307. The molecule has 4 heterocycles. The number of aromatic nitrogens is 4. The molecule has 2 aromatic heterocycles. The van der Waals surface area contributed by atoms with Crippen molar-refractivity contribution in [3.8, 4) is 0 Å². The zero-order valence-electron chi connectivity index (χ0n) is 17.8. The fourth-order valence-corrected chi connectivity index (χ4v) is 6.12. The molecule has 33 heavy (non-hydrogen) atoms. The van der Waals surface area contributed by atoms with Crippen LogP contribution in [0.4, 0.5) is 11.8 Å². The molecule has 12 heteroatoms. The molecule has 0 atom stereocenters. The highest BCUT2D eigenvalue weighted by Crippen LogP contribution is 2.33. The lowest BCUT2D eigenvalue weighted by Crippen LogP contribution is -2.45. The van der Waals surface area contributed by atoms with E-state index in [0.717, 1.165) is 53.6 Å². The normalized spacial score (nSPS) is 17.7. The smallest absolute Gasteiger partial charge is 0.228 e. The number of thioether (sulfide) groups is 1. The molecular weight excluding hydrogens is 501 g/mol. The lowest BCUT2D eigenvalue weighted by atomic mass is 10.2. The minimum absolute atomic E-state index is 0.537. The molecule has 0 saturated carbocycles. The van der Waals surface area contributed by atoms with Crippen molar-refractivity contribution >= 4 is 68.9 Å². The molecule has 3 aromatic rings. The molecule has 0 bridgehead atoms. The first kappa shape index (κ1) is 23.2. The molecule has 2 saturated heterocycles. The SMILES string of the molecule is [O-][S+]1CCN(c2nc(N3CCNCC3)nc3c(SCc4ccc(Cl)c(Cl)c4)ncnc23)CC1. The predicted molar refractivity (Wildman–Crippen MR) is 136 cm³/mol. The second kappa shape index (κ2) is 10.4. The summed E-state index contributed by atoms with van der Waals surface area (Å²) >= 11 is 13.1. The van der Waals surface area contributed by atoms with Gasteiger partial charge in [-0.05, 0) is 17.7 Å². The topological polar surface area (TPSA) is 93.1 Å². The summed E-state index contributed by atoms with van der Waals surface area (Å²) in [6.07, 6.45) is 1.57. The number of anilines is 2. The van der Waals surface area contributed by atoms with E-state index < -0.39 is 11.2 Å². The Morgan fingerprint density at radius 2 is 1.76 bits per heavy atom. The van der Waals surface area contributed by atoms with Crippen LogP contribution in [0.5, 0.6) is 0 Å². The summed E-state index contributed by atoms with van der Waals surface area (Å²) in [6, 6.07) is 5.65. The van der Waals surface area contributed by atoms with Gasteiger partial charge in [0, 0.05) is 31.9 Å². The molecule has 0 spiro atoms. The van der Waals surface area contributed by atoms with Crippen LogP contribution in [0.25, 0.3) is 11.0 Å². The predicted octanol–water partition coefficient (Wildman–Crippen LogP) is 3.00. The standard InChI is InChI=1S/C21H23Cl2N7OS2/c22-15-2-1-14(11-16(15)23)12-32-20-18-17(25-13-26-20)19(29-7-9-33(31)10-8-29)28-21(27-18)30-5-3-24-4-6-30/h1-2,11,13,24H,3-10,12H2. The van der Waals surface area contributed by atoms with Gasteiger partial charge in [-0.25, -0.2) is 15.0 Å². The second-order valence-electron chi connectivity index (χ2n) is 7.83. The van der Waals surface area contributed by atoms with Gasteiger partial charge in [0.1, 0.15) is 33.9 Å². The minimum atomic E-state index is -0.771. The lowest BCUT2D eigenvalue weighted by Gasteiger charge is -2.31. The minimum Gasteiger partial charge on any atom is -0.616 e. The lowest BCUT2D eigenvalue weighted by molar-refractivity contribution is 0.578. The number of halogens is 2. The zero-order valence-corrected chi connectivity index (χ0v) is 21.0. The molecule has 2 aliphatic rings. The van der Waals surface area contributed by atoms with Gasteiger partial charge in [0.05, 0.1) is 23.1 Å². The third kappa shape index (κ3) is 5.26. The van der Waals surface area contributed by atoms with Gasteiger partial charge in [-0.2, -0.15) is 4.98 Å². The van der Waals surface area contributed by atoms with Crippen molar-refractivity contribution in [2.75, 3.05) is 60.6 Å². The number of hydrogen-bond acceptors (Lipinski definition) is 9. The molecule has 1 aromatic carbocycles. The highest BCUT2D eigenvalue weighted by molar-refractivity contribution is 7.98. The van der Waals surface area contributed by atoms with Crippen LogP contribution in [0.2, 0.25) is 10.0 Å². The van der Waals surface area contributed by atoms with Gasteiger partial charge in [-0.1, -0.05) is 52.2 Å². The Kier molecular flexibility index (Phi) is 7.29. The summed E-state index contributed by atoms with van der Waals surface area (Å²) in [5.74, 6) is 3.44. The summed E-state index contributed by atoms with van der Waals surface area (Å²) < 4.78 is 11.9. The van der Waals surface area contributed by atoms with Gasteiger partial charge in [0.25, 0.3) is 0 Å². The first-order valence-electron chi connectivity index (χ1n) is 10.7. The van der Waals surface area contributed by atoms with Crippen molar-refractivity contribution in [2.45, 2.75) is 10.8 Å². The fourth-order valence-electron chi connectivity index (χ4n) is 3.86. The van der Waals surface area contributed by atoms with Crippen LogP contribution in [0, 0.1) is 0 Å². The van der Waals surface area contributed by atoms with Crippen molar-refractivity contribution in [2.24, 2.45) is 0 Å². The van der Waals surface area contributed by atoms with E-state index in [1.165, 1.54) is 0 Å². The van der Waals surface area contributed by atoms with E-state index in [2.05, 4.69) is 25.1 Å². The highest BCUT2D eigenvalue weighted by Gasteiger charge is 2.26. The van der Waals surface area contributed by atoms with Gasteiger partial charge in [-0.3, -0.25) is 0 Å². The van der Waals surface area contributed by atoms with Gasteiger partial charge in [-0.15, -0.1) is 0 Å². The van der Waals surface area contributed by atoms with E-state index in [1.54, 1.807) is 24.2 Å². The monoisotopic (exact) mass is 523 g/mol. The Morgan fingerprint density at radius 1 is 0.970 bits per heavy atom. The Morgan fingerprint density at radius 3 is 2.52 bits per heavy atom. The third-order valence-corrected chi connectivity index (χ3v) is 8.72. The summed E-state index contributed by atoms with van der Waals surface area (Å²) in [6.45, 7) is 4.85. The van der Waals surface area contributed by atoms with Crippen molar-refractivity contribution in [3.63, 3.8) is 0 Å². The Labute approximate surface area is 209 Å². The van der Waals surface area contributed by atoms with Crippen molar-refractivity contribution in [1.29, 1.82) is 0 Å². The van der Waals surface area contributed by atoms with Gasteiger partial charge >= 0.3 is 0 Å². The van der Waals surface area contributed by atoms with Crippen LogP contribution < -0.4 is 15.1 Å². The number of hydrogen-bond donors (Lipinski definition) is 1. The number of fused-ring (bicyclic) bond motifs is 1. The van der Waals surface area contributed by atoms with Crippen molar-refractivity contribution in [3.05, 3.63) is 40.1 Å². The van der Waals surface area contributed by atoms with E-state index in [4.69, 9.17) is 33.2 Å². The molecule has 5 rings (SSSR count). The Balaban J connectivity index is 1.52. The largest absolute Gasteiger partial charge is 0.616 e. The Bertz CT molecular complexity index is 1140. The average Bonchev–Trinajstić information content (AvgIpc) is 2.85. The molecule has 2 aliphatic heterocycles. The second-order valence-corrected chi connectivity index (χ2v) is 11.3. The van der Waals surface area contributed by atoms with Crippen molar-refractivity contribution in [1.82, 2.24) is 25.3 Å². The van der Waals surface area contributed by atoms with E-state index in [0.29, 0.717) is 46.3 Å². The molecular formula is C21H23Cl2N7OS2. The summed E-state index contributed by atoms with van der Waals surface area (Å²) in [4.78, 5) is 23.3. The van der Waals surface area contributed by atoms with Crippen LogP contribution in [-0.2, 0) is 16.9 Å². The first-order chi connectivity index (χ1) is 16.1. The molecule has 2 fully saturated rings. The molecule has 0 aliphatic carbocycles. The molecule has 1 N–H and O–H groups in total. The first-order valence-corrected chi connectivity index (χ1v) is 14.0. The number of rotatable bonds is 5. The molecule has 174 valence electrons. The molecule has 8 nitrogen and oxygen atoms in total. The van der Waals surface area contributed by atoms with Crippen LogP contribution in [-0.4, -0.2) is 75.3 Å². The maximum absolute atomic E-state index is 11.9. The fraction of sp³-hybridized carbons (Fsp3) is 0.429. The van der Waals surface area contributed by atoms with Gasteiger partial charge in [0.15, 0.2) is 5.82 Å². The van der Waals surface area contributed by atoms with E-state index in [9.17, 15) is 4.55 Å². The van der Waals surface area contributed by atoms with Crippen molar-refractivity contribution < 1.29 is 4.55 Å². The van der Waals surface area contributed by atoms with Crippen LogP contribution >= 0.6 is 35.0 Å². The average molecular weight is 525 g/mol. The zero-order chi connectivity index (χ0) is 22.8. The molecule has 0 amide bonds. The van der Waals surface area contributed by atoms with E-state index in [1.807, 2.05) is 12.1 Å². The number of nitrogens with one attached hydrogen (secondary N) is 1. The van der Waals surface area contributed by atoms with Gasteiger partial charge < -0.3 is 19.7 Å². The van der Waals surface area contributed by atoms with Crippen LogP contribution in [0.1, 0.15) is 5.56 Å². The third-order valence-electron chi connectivity index (χ3n) is 5.65. The van der Waals surface area contributed by atoms with Crippen LogP contribution in [0.15, 0.2) is 29.6 Å². The van der Waals surface area contributed by atoms with Crippen LogP contribution in [0.3, 0.4) is 0 Å². The maximum atomic E-state index is 11.9. The molecule has 0 unspecified atom stereocenters. The summed E-state index contributed by atoms with van der Waals surface area (Å²) in [5.41, 5.74) is 2.53. The van der Waals surface area contributed by atoms with E-state index >= 15 is 0 Å². The summed E-state index contributed by atoms with van der Waals surface area (Å²) in [5, 5.41) is 5.25. The maximum Gasteiger partial charge on any atom is 0.228 e. The Hall–Kier alpha value is -1.56. The van der Waals surface area contributed by atoms with E-state index in [-0.39, 0.29) is 0 Å². The number of nitrogens with zero attached hydrogens (tertiary/aromatic N) is 6. The molecule has 0 radical (unpaired) electrons. The van der Waals surface area contributed by atoms with Gasteiger partial charge in [0.2, 0.25) is 5.95 Å². The summed E-state index contributed by atoms with van der Waals surface area (Å²) in [7, 11) is 0. The highest BCUT2D eigenvalue weighted by atomic mass is 35.5.